The Hall–Kier alpha value is -1.69. The van der Waals surface area contributed by atoms with Gasteiger partial charge in [0.25, 0.3) is 5.91 Å². The van der Waals surface area contributed by atoms with E-state index < -0.39 is 0 Å². The van der Waals surface area contributed by atoms with Gasteiger partial charge in [-0.1, -0.05) is 19.1 Å². The van der Waals surface area contributed by atoms with Gasteiger partial charge in [0.2, 0.25) is 0 Å². The summed E-state index contributed by atoms with van der Waals surface area (Å²) in [6.45, 7) is 2.23. The molecule has 1 heterocycles. The number of aromatic nitrogens is 1. The molecule has 0 saturated heterocycles. The molecule has 1 atom stereocenters. The van der Waals surface area contributed by atoms with Crippen LogP contribution in [-0.2, 0) is 0 Å². The molecule has 3 N–H and O–H groups in total. The molecule has 0 spiro atoms. The van der Waals surface area contributed by atoms with Crippen LogP contribution in [0, 0.1) is 5.92 Å². The van der Waals surface area contributed by atoms with E-state index in [9.17, 15) is 9.59 Å². The van der Waals surface area contributed by atoms with Gasteiger partial charge in [-0.2, -0.15) is 0 Å². The second-order valence-electron chi connectivity index (χ2n) is 3.91. The summed E-state index contributed by atoms with van der Waals surface area (Å²) in [6.07, 6.45) is 2.88. The topological polar surface area (TPSA) is 79.2 Å². The Kier molecular flexibility index (Phi) is 4.39. The third-order valence-electron chi connectivity index (χ3n) is 2.43. The highest BCUT2D eigenvalue weighted by Crippen LogP contribution is 2.02. The Labute approximate surface area is 105 Å². The molecule has 0 saturated carbocycles. The van der Waals surface area contributed by atoms with Crippen molar-refractivity contribution >= 4 is 23.1 Å². The number of nitrogens with two attached hydrogens (primary N) is 1. The molecule has 17 heavy (non-hydrogen) atoms. The highest BCUT2D eigenvalue weighted by atomic mass is 32.1. The summed E-state index contributed by atoms with van der Waals surface area (Å²) in [6, 6.07) is 1.32. The van der Waals surface area contributed by atoms with E-state index in [0.717, 1.165) is 0 Å². The number of aromatic amines is 1. The second-order valence-corrected chi connectivity index (χ2v) is 4.38. The predicted molar refractivity (Wildman–Crippen MR) is 70.0 cm³/mol. The van der Waals surface area contributed by atoms with Gasteiger partial charge in [-0.25, -0.2) is 0 Å². The van der Waals surface area contributed by atoms with Crippen LogP contribution in [0.2, 0.25) is 0 Å². The van der Waals surface area contributed by atoms with Gasteiger partial charge in [0.15, 0.2) is 5.43 Å². The first-order valence-corrected chi connectivity index (χ1v) is 5.56. The minimum Gasteiger partial charge on any atom is -0.393 e. The van der Waals surface area contributed by atoms with Crippen LogP contribution in [0.4, 0.5) is 0 Å². The molecule has 1 aromatic heterocycles. The standard InChI is InChI=1S/C11H15N3O2S/c1-7(10(12)17)6-14(2)11(16)8-5-13-4-3-9(8)15/h3-5,7H,6H2,1-2H3,(H2,12,17)(H,13,15). The monoisotopic (exact) mass is 253 g/mol. The van der Waals surface area contributed by atoms with Crippen LogP contribution < -0.4 is 11.2 Å². The SMILES string of the molecule is CC(CN(C)C(=O)c1c[nH]ccc1=O)C(N)=S. The second kappa shape index (κ2) is 5.58. The van der Waals surface area contributed by atoms with Gasteiger partial charge < -0.3 is 15.6 Å². The maximum Gasteiger partial charge on any atom is 0.259 e. The lowest BCUT2D eigenvalue weighted by Crippen LogP contribution is -2.37. The number of thiocarbonyl (C=S) groups is 1. The van der Waals surface area contributed by atoms with Crippen LogP contribution >= 0.6 is 12.2 Å². The lowest BCUT2D eigenvalue weighted by atomic mass is 10.1. The summed E-state index contributed by atoms with van der Waals surface area (Å²) in [5, 5.41) is 0. The van der Waals surface area contributed by atoms with E-state index in [1.807, 2.05) is 6.92 Å². The largest absolute Gasteiger partial charge is 0.393 e. The predicted octanol–water partition coefficient (Wildman–Crippen LogP) is 0.369. The van der Waals surface area contributed by atoms with Crippen LogP contribution in [0.3, 0.4) is 0 Å². The first-order valence-electron chi connectivity index (χ1n) is 5.15. The molecule has 92 valence electrons. The zero-order valence-corrected chi connectivity index (χ0v) is 10.6. The Bertz CT molecular complexity index is 484. The Morgan fingerprint density at radius 3 is 2.82 bits per heavy atom. The van der Waals surface area contributed by atoms with Gasteiger partial charge in [0.1, 0.15) is 5.56 Å². The van der Waals surface area contributed by atoms with Crippen molar-refractivity contribution in [3.8, 4) is 0 Å². The van der Waals surface area contributed by atoms with Gasteiger partial charge in [-0.05, 0) is 0 Å². The number of hydrogen-bond acceptors (Lipinski definition) is 3. The highest BCUT2D eigenvalue weighted by Gasteiger charge is 2.17. The molecule has 1 aromatic rings. The van der Waals surface area contributed by atoms with E-state index in [2.05, 4.69) is 4.98 Å². The quantitative estimate of drug-likeness (QED) is 0.760. The molecule has 0 aromatic carbocycles. The fraction of sp³-hybridized carbons (Fsp3) is 0.364. The fourth-order valence-corrected chi connectivity index (χ4v) is 1.45. The summed E-state index contributed by atoms with van der Waals surface area (Å²) in [4.78, 5) is 27.9. The van der Waals surface area contributed by atoms with Gasteiger partial charge in [0.05, 0.1) is 4.99 Å². The van der Waals surface area contributed by atoms with Crippen molar-refractivity contribution in [2.24, 2.45) is 11.7 Å². The summed E-state index contributed by atoms with van der Waals surface area (Å²) in [5.74, 6) is -0.420. The summed E-state index contributed by atoms with van der Waals surface area (Å²) in [7, 11) is 1.61. The lowest BCUT2D eigenvalue weighted by Gasteiger charge is -2.20. The Balaban J connectivity index is 2.81. The van der Waals surface area contributed by atoms with Crippen molar-refractivity contribution in [1.29, 1.82) is 0 Å². The molecular formula is C11H15N3O2S. The molecule has 0 bridgehead atoms. The van der Waals surface area contributed by atoms with Crippen LogP contribution in [-0.4, -0.2) is 34.4 Å². The first-order chi connectivity index (χ1) is 7.93. The smallest absolute Gasteiger partial charge is 0.259 e. The number of carbonyl (C=O) groups is 1. The van der Waals surface area contributed by atoms with E-state index in [4.69, 9.17) is 18.0 Å². The molecule has 1 unspecified atom stereocenters. The molecule has 1 rings (SSSR count). The zero-order valence-electron chi connectivity index (χ0n) is 9.77. The molecular weight excluding hydrogens is 238 g/mol. The maximum atomic E-state index is 11.9. The number of pyridine rings is 1. The molecule has 0 aliphatic rings. The van der Waals surface area contributed by atoms with Crippen LogP contribution in [0.1, 0.15) is 17.3 Å². The van der Waals surface area contributed by atoms with E-state index in [1.165, 1.54) is 23.4 Å². The number of nitrogens with zero attached hydrogens (tertiary/aromatic N) is 1. The third kappa shape index (κ3) is 3.39. The van der Waals surface area contributed by atoms with Gasteiger partial charge in [-0.3, -0.25) is 9.59 Å². The van der Waals surface area contributed by atoms with E-state index >= 15 is 0 Å². The zero-order chi connectivity index (χ0) is 13.0. The number of carbonyl (C=O) groups excluding carboxylic acids is 1. The van der Waals surface area contributed by atoms with Gasteiger partial charge >= 0.3 is 0 Å². The molecule has 5 nitrogen and oxygen atoms in total. The number of H-pyrrole nitrogens is 1. The number of amides is 1. The fourth-order valence-electron chi connectivity index (χ4n) is 1.37. The van der Waals surface area contributed by atoms with Crippen molar-refractivity contribution in [1.82, 2.24) is 9.88 Å². The van der Waals surface area contributed by atoms with Crippen molar-refractivity contribution in [2.45, 2.75) is 6.92 Å². The number of rotatable bonds is 4. The normalized spacial score (nSPS) is 11.9. The van der Waals surface area contributed by atoms with Crippen molar-refractivity contribution in [3.05, 3.63) is 34.2 Å². The van der Waals surface area contributed by atoms with Gasteiger partial charge in [-0.15, -0.1) is 0 Å². The Morgan fingerprint density at radius 2 is 2.29 bits per heavy atom. The van der Waals surface area contributed by atoms with E-state index in [0.29, 0.717) is 11.5 Å². The summed E-state index contributed by atoms with van der Waals surface area (Å²) >= 11 is 4.84. The molecule has 0 aliphatic heterocycles. The number of hydrogen-bond donors (Lipinski definition) is 2. The van der Waals surface area contributed by atoms with E-state index in [-0.39, 0.29) is 22.8 Å². The maximum absolute atomic E-state index is 11.9. The Morgan fingerprint density at radius 1 is 1.65 bits per heavy atom. The van der Waals surface area contributed by atoms with Crippen molar-refractivity contribution < 1.29 is 4.79 Å². The average molecular weight is 253 g/mol. The van der Waals surface area contributed by atoms with Crippen LogP contribution in [0.15, 0.2) is 23.3 Å². The lowest BCUT2D eigenvalue weighted by molar-refractivity contribution is 0.0785. The van der Waals surface area contributed by atoms with Gasteiger partial charge in [0, 0.05) is 38.0 Å². The molecule has 0 aliphatic carbocycles. The molecule has 6 heteroatoms. The minimum atomic E-state index is -0.338. The van der Waals surface area contributed by atoms with Crippen LogP contribution in [0.25, 0.3) is 0 Å². The van der Waals surface area contributed by atoms with Crippen molar-refractivity contribution in [3.63, 3.8) is 0 Å². The molecule has 1 amide bonds. The molecule has 0 radical (unpaired) electrons. The van der Waals surface area contributed by atoms with E-state index in [1.54, 1.807) is 7.05 Å². The molecule has 0 fully saturated rings. The average Bonchev–Trinajstić information content (AvgIpc) is 2.28. The van der Waals surface area contributed by atoms with Crippen LogP contribution in [0.5, 0.6) is 0 Å². The number of nitrogens with one attached hydrogen (secondary N) is 1. The summed E-state index contributed by atoms with van der Waals surface area (Å²) in [5.41, 5.74) is 5.29. The highest BCUT2D eigenvalue weighted by molar-refractivity contribution is 7.80. The van der Waals surface area contributed by atoms with Crippen molar-refractivity contribution in [2.75, 3.05) is 13.6 Å². The summed E-state index contributed by atoms with van der Waals surface area (Å²) < 4.78 is 0. The first kappa shape index (κ1) is 13.4. The third-order valence-corrected chi connectivity index (χ3v) is 2.84. The minimum absolute atomic E-state index is 0.0817.